The van der Waals surface area contributed by atoms with Crippen LogP contribution in [0.1, 0.15) is 111 Å². The molecular weight excluding hydrogens is 768 g/mol. The van der Waals surface area contributed by atoms with E-state index in [1.165, 1.54) is 42.9 Å². The van der Waals surface area contributed by atoms with E-state index in [0.29, 0.717) is 42.9 Å². The van der Waals surface area contributed by atoms with E-state index < -0.39 is 57.9 Å². The average Bonchev–Trinajstić information content (AvgIpc) is 3.77. The molecular formula is C37H59N5O12P2. The van der Waals surface area contributed by atoms with Crippen molar-refractivity contribution in [2.45, 2.75) is 136 Å². The van der Waals surface area contributed by atoms with E-state index in [2.05, 4.69) is 63.7 Å². The number of aromatic nitrogens is 4. The van der Waals surface area contributed by atoms with Gasteiger partial charge in [0.05, 0.1) is 12.9 Å². The van der Waals surface area contributed by atoms with Gasteiger partial charge in [-0.3, -0.25) is 13.9 Å². The van der Waals surface area contributed by atoms with Gasteiger partial charge < -0.3 is 40.1 Å². The number of carbonyl (C=O) groups is 1. The standard InChI is InChI=1S/C37H59N5O12P2/c1-20(2)8-6-9-21(3)23-11-12-24-22-16-27(43)26-10-7-14-37(46,36(26,5)25(22)13-15-35(23,24)4)41-32-29-33(39-18-38-32)42(19-40-29)34-31(45)30(44)28(53-34)17-52-56(50,51)54-55(47,48)49/h18-26,28,30-31,34,44-46H,6-17H2,1-5H3,(H,50,51)(H,38,39,41)(H2,47,48,49)/t21-,22+,23-,24+,25+,26?,28-,30?,31?,34-,35-,36-,37?/m1/s1. The van der Waals surface area contributed by atoms with E-state index in [1.54, 1.807) is 0 Å². The summed E-state index contributed by atoms with van der Waals surface area (Å²) in [5.41, 5.74) is -1.71. The van der Waals surface area contributed by atoms with Gasteiger partial charge in [-0.05, 0) is 85.9 Å². The topological polar surface area (TPSA) is 256 Å². The minimum atomic E-state index is -5.38. The summed E-state index contributed by atoms with van der Waals surface area (Å²) < 4.78 is 38.6. The van der Waals surface area contributed by atoms with Crippen molar-refractivity contribution in [3.8, 4) is 0 Å². The molecule has 7 rings (SSSR count). The van der Waals surface area contributed by atoms with Crippen molar-refractivity contribution in [1.29, 1.82) is 0 Å². The molecule has 3 heterocycles. The van der Waals surface area contributed by atoms with Crippen LogP contribution in [0.5, 0.6) is 0 Å². The van der Waals surface area contributed by atoms with Crippen molar-refractivity contribution >= 4 is 38.4 Å². The van der Waals surface area contributed by atoms with Gasteiger partial charge in [0.2, 0.25) is 0 Å². The lowest BCUT2D eigenvalue weighted by molar-refractivity contribution is -0.204. The van der Waals surface area contributed by atoms with Crippen molar-refractivity contribution in [3.05, 3.63) is 12.7 Å². The minimum Gasteiger partial charge on any atom is -0.387 e. The molecule has 0 radical (unpaired) electrons. The van der Waals surface area contributed by atoms with Crippen LogP contribution in [-0.4, -0.2) is 85.9 Å². The number of ketones is 1. The van der Waals surface area contributed by atoms with Gasteiger partial charge in [-0.2, -0.15) is 4.31 Å². The van der Waals surface area contributed by atoms with Gasteiger partial charge in [0, 0.05) is 17.8 Å². The first-order chi connectivity index (χ1) is 26.2. The molecule has 5 fully saturated rings. The zero-order valence-corrected chi connectivity index (χ0v) is 34.6. The van der Waals surface area contributed by atoms with E-state index >= 15 is 0 Å². The number of aliphatic hydroxyl groups is 3. The second-order valence-corrected chi connectivity index (χ2v) is 21.0. The van der Waals surface area contributed by atoms with Gasteiger partial charge in [-0.25, -0.2) is 24.1 Å². The van der Waals surface area contributed by atoms with Crippen LogP contribution in [0.15, 0.2) is 12.7 Å². The fourth-order valence-electron chi connectivity index (χ4n) is 12.1. The maximum Gasteiger partial charge on any atom is 0.481 e. The molecule has 1 saturated heterocycles. The Bertz CT molecular complexity index is 1880. The number of hydrogen-bond donors (Lipinski definition) is 7. The Morgan fingerprint density at radius 3 is 2.46 bits per heavy atom. The minimum absolute atomic E-state index is 0.120. The van der Waals surface area contributed by atoms with E-state index in [-0.39, 0.29) is 45.9 Å². The number of nitrogens with one attached hydrogen (secondary N) is 1. The number of phosphoric ester groups is 1. The van der Waals surface area contributed by atoms with E-state index in [1.807, 2.05) is 0 Å². The smallest absolute Gasteiger partial charge is 0.387 e. The summed E-state index contributed by atoms with van der Waals surface area (Å²) in [7, 11) is -10.6. The Balaban J connectivity index is 1.12. The van der Waals surface area contributed by atoms with Gasteiger partial charge in [0.15, 0.2) is 23.2 Å². The molecule has 5 aliphatic rings. The highest BCUT2D eigenvalue weighted by atomic mass is 31.3. The van der Waals surface area contributed by atoms with E-state index in [4.69, 9.17) is 14.5 Å². The summed E-state index contributed by atoms with van der Waals surface area (Å²) >= 11 is 0. The molecule has 0 aromatic carbocycles. The molecule has 0 spiro atoms. The van der Waals surface area contributed by atoms with Gasteiger partial charge >= 0.3 is 15.6 Å². The molecule has 14 atom stereocenters. The first kappa shape index (κ1) is 42.3. The Morgan fingerprint density at radius 2 is 1.75 bits per heavy atom. The summed E-state index contributed by atoms with van der Waals surface area (Å²) in [6, 6.07) is 0. The number of ether oxygens (including phenoxy) is 1. The van der Waals surface area contributed by atoms with Crippen LogP contribution in [-0.2, 0) is 27.5 Å². The molecule has 56 heavy (non-hydrogen) atoms. The van der Waals surface area contributed by atoms with E-state index in [9.17, 15) is 34.1 Å². The fourth-order valence-corrected chi connectivity index (χ4v) is 13.7. The maximum absolute atomic E-state index is 14.2. The molecule has 4 aliphatic carbocycles. The summed E-state index contributed by atoms with van der Waals surface area (Å²) in [6.45, 7) is 10.7. The van der Waals surface area contributed by atoms with Gasteiger partial charge in [-0.15, -0.1) is 0 Å². The Labute approximate surface area is 327 Å². The molecule has 7 N–H and O–H groups in total. The second kappa shape index (κ2) is 15.3. The molecule has 5 unspecified atom stereocenters. The van der Waals surface area contributed by atoms with Crippen LogP contribution in [0.25, 0.3) is 11.2 Å². The Morgan fingerprint density at radius 1 is 1.00 bits per heavy atom. The number of nitrogens with zero attached hydrogens (tertiary/aromatic N) is 4. The van der Waals surface area contributed by atoms with Gasteiger partial charge in [0.1, 0.15) is 36.1 Å². The predicted molar refractivity (Wildman–Crippen MR) is 202 cm³/mol. The number of aliphatic hydroxyl groups excluding tert-OH is 2. The number of fused-ring (bicyclic) bond motifs is 6. The molecule has 2 aromatic rings. The number of phosphoric acid groups is 2. The van der Waals surface area contributed by atoms with Crippen molar-refractivity contribution in [2.24, 2.45) is 52.3 Å². The zero-order valence-electron chi connectivity index (χ0n) is 32.8. The Kier molecular flexibility index (Phi) is 11.5. The van der Waals surface area contributed by atoms with Crippen molar-refractivity contribution < 1.29 is 57.5 Å². The highest BCUT2D eigenvalue weighted by Crippen LogP contribution is 2.69. The zero-order chi connectivity index (χ0) is 40.6. The van der Waals surface area contributed by atoms with E-state index in [0.717, 1.165) is 25.7 Å². The molecule has 19 heteroatoms. The monoisotopic (exact) mass is 827 g/mol. The van der Waals surface area contributed by atoms with Crippen molar-refractivity contribution in [1.82, 2.24) is 19.5 Å². The largest absolute Gasteiger partial charge is 0.481 e. The molecule has 0 amide bonds. The number of hydrogen-bond acceptors (Lipinski definition) is 13. The van der Waals surface area contributed by atoms with Crippen LogP contribution in [0.2, 0.25) is 0 Å². The van der Waals surface area contributed by atoms with Crippen LogP contribution in [0.3, 0.4) is 0 Å². The highest BCUT2D eigenvalue weighted by Gasteiger charge is 2.68. The number of carbonyl (C=O) groups excluding carboxylic acids is 1. The van der Waals surface area contributed by atoms with Crippen LogP contribution in [0.4, 0.5) is 5.82 Å². The number of imidazole rings is 1. The first-order valence-electron chi connectivity index (χ1n) is 20.2. The lowest BCUT2D eigenvalue weighted by Gasteiger charge is -2.64. The molecule has 0 bridgehead atoms. The average molecular weight is 828 g/mol. The number of Topliss-reactive ketones (excluding diaryl/α,β-unsaturated/α-hetero) is 1. The quantitative estimate of drug-likeness (QED) is 0.103. The third-order valence-electron chi connectivity index (χ3n) is 14.8. The van der Waals surface area contributed by atoms with Crippen molar-refractivity contribution in [2.75, 3.05) is 11.9 Å². The molecule has 17 nitrogen and oxygen atoms in total. The first-order valence-corrected chi connectivity index (χ1v) is 23.2. The maximum atomic E-state index is 14.2. The summed E-state index contributed by atoms with van der Waals surface area (Å²) in [5, 5.41) is 37.9. The third-order valence-corrected chi connectivity index (χ3v) is 16.9. The summed E-state index contributed by atoms with van der Waals surface area (Å²) in [5.74, 6) is 2.82. The molecule has 4 saturated carbocycles. The molecule has 1 aliphatic heterocycles. The third kappa shape index (κ3) is 7.46. The van der Waals surface area contributed by atoms with Gasteiger partial charge in [-0.1, -0.05) is 53.9 Å². The number of anilines is 1. The number of rotatable bonds is 13. The van der Waals surface area contributed by atoms with Gasteiger partial charge in [0.25, 0.3) is 0 Å². The second-order valence-electron chi connectivity index (χ2n) is 18.2. The normalized spacial score (nSPS) is 40.3. The fraction of sp³-hybridized carbons (Fsp3) is 0.838. The van der Waals surface area contributed by atoms with Crippen molar-refractivity contribution in [3.63, 3.8) is 0 Å². The van der Waals surface area contributed by atoms with Crippen LogP contribution in [0, 0.1) is 52.3 Å². The highest BCUT2D eigenvalue weighted by molar-refractivity contribution is 7.60. The molecule has 314 valence electrons. The SMILES string of the molecule is CC(C)CCC[C@@H](C)[C@H]1CC[C@H]2[C@@H]3CC(=O)C4CCCC(O)(Nc5ncnc6c5ncn6[C@@H]5O[C@H](COP(=O)(O)OP(=O)(O)O)C(O)C5O)[C@]4(C)[C@H]3CC[C@]12C. The predicted octanol–water partition coefficient (Wildman–Crippen LogP) is 5.07. The summed E-state index contributed by atoms with van der Waals surface area (Å²) in [6.07, 6.45) is 6.97. The van der Waals surface area contributed by atoms with Crippen LogP contribution >= 0.6 is 15.6 Å². The lowest BCUT2D eigenvalue weighted by Crippen LogP contribution is -2.68. The molecule has 2 aromatic heterocycles. The Hall–Kier alpha value is -1.88. The lowest BCUT2D eigenvalue weighted by atomic mass is 9.42. The summed E-state index contributed by atoms with van der Waals surface area (Å²) in [4.78, 5) is 55.0. The van der Waals surface area contributed by atoms with Crippen LogP contribution < -0.4 is 5.32 Å².